The van der Waals surface area contributed by atoms with Crippen LogP contribution in [0.4, 0.5) is 4.39 Å². The molecule has 3 aromatic rings. The summed E-state index contributed by atoms with van der Waals surface area (Å²) in [6, 6.07) is 12.8. The average molecular weight is 403 g/mol. The molecule has 0 aliphatic rings. The minimum absolute atomic E-state index is 0.0147. The van der Waals surface area contributed by atoms with Gasteiger partial charge in [-0.3, -0.25) is 9.59 Å². The lowest BCUT2D eigenvalue weighted by atomic mass is 10.2. The van der Waals surface area contributed by atoms with E-state index < -0.39 is 15.9 Å². The Kier molecular flexibility index (Phi) is 5.57. The number of aromatic nitrogens is 1. The number of hydrogen-bond acceptors (Lipinski definition) is 4. The van der Waals surface area contributed by atoms with Crippen LogP contribution in [0.15, 0.2) is 64.3 Å². The number of nitrogens with zero attached hydrogens (tertiary/aromatic N) is 1. The standard InChI is InChI=1S/C19H18FN3O4S/c1-23(12-19(25)21-11-13-2-5-15(20)6-3-13)28(26,27)16-7-8-17-14(10-16)4-9-18(24)22-17/h2-10H,11-12H2,1H3,(H,21,25)(H,22,24). The largest absolute Gasteiger partial charge is 0.351 e. The maximum absolute atomic E-state index is 12.9. The van der Waals surface area contributed by atoms with E-state index >= 15 is 0 Å². The van der Waals surface area contributed by atoms with Crippen LogP contribution in [0.2, 0.25) is 0 Å². The molecule has 0 radical (unpaired) electrons. The van der Waals surface area contributed by atoms with Crippen molar-refractivity contribution < 1.29 is 17.6 Å². The van der Waals surface area contributed by atoms with Crippen LogP contribution < -0.4 is 10.9 Å². The second-order valence-electron chi connectivity index (χ2n) is 6.24. The zero-order valence-electron chi connectivity index (χ0n) is 15.0. The molecule has 2 N–H and O–H groups in total. The number of hydrogen-bond donors (Lipinski definition) is 2. The molecule has 1 amide bonds. The molecule has 0 atom stereocenters. The fourth-order valence-electron chi connectivity index (χ4n) is 2.62. The molecule has 0 spiro atoms. The molecule has 0 aliphatic heterocycles. The van der Waals surface area contributed by atoms with E-state index in [1.807, 2.05) is 0 Å². The van der Waals surface area contributed by atoms with Gasteiger partial charge in [0, 0.05) is 25.2 Å². The molecule has 0 unspecified atom stereocenters. The summed E-state index contributed by atoms with van der Waals surface area (Å²) < 4.78 is 39.3. The normalized spacial score (nSPS) is 11.7. The minimum atomic E-state index is -3.89. The highest BCUT2D eigenvalue weighted by Crippen LogP contribution is 2.19. The van der Waals surface area contributed by atoms with Crippen molar-refractivity contribution in [1.29, 1.82) is 0 Å². The molecular formula is C19H18FN3O4S. The SMILES string of the molecule is CN(CC(=O)NCc1ccc(F)cc1)S(=O)(=O)c1ccc2[nH]c(=O)ccc2c1. The Morgan fingerprint density at radius 2 is 1.82 bits per heavy atom. The molecule has 3 rings (SSSR count). The number of pyridine rings is 1. The number of carbonyl (C=O) groups excluding carboxylic acids is 1. The highest BCUT2D eigenvalue weighted by Gasteiger charge is 2.23. The Labute approximate surface area is 160 Å². The van der Waals surface area contributed by atoms with Crippen LogP contribution in [0.3, 0.4) is 0 Å². The van der Waals surface area contributed by atoms with Gasteiger partial charge in [-0.15, -0.1) is 0 Å². The van der Waals surface area contributed by atoms with Gasteiger partial charge in [0.2, 0.25) is 21.5 Å². The Hall–Kier alpha value is -3.04. The molecule has 1 heterocycles. The number of likely N-dealkylation sites (N-methyl/N-ethyl adjacent to an activating group) is 1. The number of carbonyl (C=O) groups is 1. The zero-order chi connectivity index (χ0) is 20.3. The molecule has 7 nitrogen and oxygen atoms in total. The fraction of sp³-hybridized carbons (Fsp3) is 0.158. The van der Waals surface area contributed by atoms with Crippen LogP contribution in [-0.4, -0.2) is 37.2 Å². The number of sulfonamides is 1. The molecule has 0 bridgehead atoms. The summed E-state index contributed by atoms with van der Waals surface area (Å²) in [7, 11) is -2.58. The lowest BCUT2D eigenvalue weighted by Crippen LogP contribution is -2.38. The number of fused-ring (bicyclic) bond motifs is 1. The first-order valence-corrected chi connectivity index (χ1v) is 9.80. The van der Waals surface area contributed by atoms with E-state index in [4.69, 9.17) is 0 Å². The van der Waals surface area contributed by atoms with Crippen molar-refractivity contribution in [3.05, 3.63) is 76.3 Å². The maximum Gasteiger partial charge on any atom is 0.248 e. The third-order valence-corrected chi connectivity index (χ3v) is 5.97. The monoisotopic (exact) mass is 403 g/mol. The van der Waals surface area contributed by atoms with Crippen LogP contribution in [0.1, 0.15) is 5.56 Å². The summed E-state index contributed by atoms with van der Waals surface area (Å²) in [5.41, 5.74) is 0.938. The average Bonchev–Trinajstić information content (AvgIpc) is 2.67. The summed E-state index contributed by atoms with van der Waals surface area (Å²) in [6.45, 7) is -0.205. The van der Waals surface area contributed by atoms with Gasteiger partial charge >= 0.3 is 0 Å². The first-order valence-electron chi connectivity index (χ1n) is 8.36. The first-order chi connectivity index (χ1) is 13.3. The topological polar surface area (TPSA) is 99.3 Å². The second kappa shape index (κ2) is 7.91. The van der Waals surface area contributed by atoms with Gasteiger partial charge < -0.3 is 10.3 Å². The van der Waals surface area contributed by atoms with E-state index in [1.165, 1.54) is 61.6 Å². The highest BCUT2D eigenvalue weighted by atomic mass is 32.2. The van der Waals surface area contributed by atoms with Crippen LogP contribution in [0, 0.1) is 5.82 Å². The van der Waals surface area contributed by atoms with Gasteiger partial charge in [-0.05, 0) is 47.3 Å². The van der Waals surface area contributed by atoms with Crippen LogP contribution >= 0.6 is 0 Å². The third kappa shape index (κ3) is 4.44. The Balaban J connectivity index is 1.69. The van der Waals surface area contributed by atoms with Crippen molar-refractivity contribution in [2.24, 2.45) is 0 Å². The van der Waals surface area contributed by atoms with Crippen LogP contribution in [-0.2, 0) is 21.4 Å². The van der Waals surface area contributed by atoms with Gasteiger partial charge in [-0.2, -0.15) is 4.31 Å². The number of aromatic amines is 1. The van der Waals surface area contributed by atoms with E-state index in [0.717, 1.165) is 4.31 Å². The second-order valence-corrected chi connectivity index (χ2v) is 8.28. The summed E-state index contributed by atoms with van der Waals surface area (Å²) >= 11 is 0. The number of nitrogens with one attached hydrogen (secondary N) is 2. The lowest BCUT2D eigenvalue weighted by Gasteiger charge is -2.17. The Bertz CT molecular complexity index is 1170. The Morgan fingerprint density at radius 3 is 2.54 bits per heavy atom. The van der Waals surface area contributed by atoms with E-state index in [1.54, 1.807) is 0 Å². The van der Waals surface area contributed by atoms with Crippen LogP contribution in [0.5, 0.6) is 0 Å². The van der Waals surface area contributed by atoms with E-state index in [0.29, 0.717) is 16.5 Å². The van der Waals surface area contributed by atoms with Crippen molar-refractivity contribution in [2.75, 3.05) is 13.6 Å². The van der Waals surface area contributed by atoms with E-state index in [-0.39, 0.29) is 29.4 Å². The number of amides is 1. The zero-order valence-corrected chi connectivity index (χ0v) is 15.8. The van der Waals surface area contributed by atoms with Gasteiger partial charge in [-0.25, -0.2) is 12.8 Å². The van der Waals surface area contributed by atoms with Crippen molar-refractivity contribution in [2.45, 2.75) is 11.4 Å². The summed E-state index contributed by atoms with van der Waals surface area (Å²) in [4.78, 5) is 26.0. The molecule has 0 aliphatic carbocycles. The number of benzene rings is 2. The van der Waals surface area contributed by atoms with E-state index in [9.17, 15) is 22.4 Å². The summed E-state index contributed by atoms with van der Waals surface area (Å²) in [5, 5.41) is 3.17. The molecule has 0 fully saturated rings. The van der Waals surface area contributed by atoms with Crippen molar-refractivity contribution >= 4 is 26.8 Å². The highest BCUT2D eigenvalue weighted by molar-refractivity contribution is 7.89. The van der Waals surface area contributed by atoms with Crippen molar-refractivity contribution in [3.8, 4) is 0 Å². The molecule has 0 saturated carbocycles. The van der Waals surface area contributed by atoms with Gasteiger partial charge in [0.15, 0.2) is 0 Å². The van der Waals surface area contributed by atoms with Crippen molar-refractivity contribution in [1.82, 2.24) is 14.6 Å². The lowest BCUT2D eigenvalue weighted by molar-refractivity contribution is -0.121. The number of halogens is 1. The quantitative estimate of drug-likeness (QED) is 0.653. The molecule has 2 aromatic carbocycles. The minimum Gasteiger partial charge on any atom is -0.351 e. The number of H-pyrrole nitrogens is 1. The number of rotatable bonds is 6. The predicted octanol–water partition coefficient (Wildman–Crippen LogP) is 1.60. The Morgan fingerprint density at radius 1 is 1.11 bits per heavy atom. The molecule has 146 valence electrons. The van der Waals surface area contributed by atoms with E-state index in [2.05, 4.69) is 10.3 Å². The van der Waals surface area contributed by atoms with Crippen LogP contribution in [0.25, 0.3) is 10.9 Å². The first kappa shape index (κ1) is 19.7. The van der Waals surface area contributed by atoms with Gasteiger partial charge in [-0.1, -0.05) is 12.1 Å². The molecular weight excluding hydrogens is 385 g/mol. The molecule has 1 aromatic heterocycles. The molecule has 0 saturated heterocycles. The fourth-order valence-corrected chi connectivity index (χ4v) is 3.78. The molecule has 9 heteroatoms. The maximum atomic E-state index is 12.9. The van der Waals surface area contributed by atoms with Crippen molar-refractivity contribution in [3.63, 3.8) is 0 Å². The predicted molar refractivity (Wildman–Crippen MR) is 103 cm³/mol. The smallest absolute Gasteiger partial charge is 0.248 e. The van der Waals surface area contributed by atoms with Gasteiger partial charge in [0.25, 0.3) is 0 Å². The van der Waals surface area contributed by atoms with Gasteiger partial charge in [0.1, 0.15) is 5.82 Å². The third-order valence-electron chi connectivity index (χ3n) is 4.17. The van der Waals surface area contributed by atoms with Gasteiger partial charge in [0.05, 0.1) is 11.4 Å². The summed E-state index contributed by atoms with van der Waals surface area (Å²) in [5.74, 6) is -0.860. The molecule has 28 heavy (non-hydrogen) atoms. The summed E-state index contributed by atoms with van der Waals surface area (Å²) in [6.07, 6.45) is 0.